The highest BCUT2D eigenvalue weighted by molar-refractivity contribution is 5.77. The van der Waals surface area contributed by atoms with Gasteiger partial charge in [0.1, 0.15) is 23.0 Å². The van der Waals surface area contributed by atoms with Crippen molar-refractivity contribution in [1.29, 1.82) is 0 Å². The average Bonchev–Trinajstić information content (AvgIpc) is 3.52. The zero-order valence-corrected chi connectivity index (χ0v) is 24.4. The zero-order valence-electron chi connectivity index (χ0n) is 24.4. The molecule has 1 aliphatic heterocycles. The molecule has 0 bridgehead atoms. The standard InChI is InChI=1S/C39H31N3O2/c1-41-20-21-42(28-41)34-13-9-17-37(27-34)44-36-16-8-12-31(23-36)39-26-30(18-19-40-39)33-22-32(29-10-4-2-5-11-29)24-38(25-33)43-35-14-6-3-7-15-35/h2-27H,28H2,1H3. The van der Waals surface area contributed by atoms with Crippen molar-refractivity contribution >= 4 is 5.69 Å². The number of para-hydroxylation sites is 1. The van der Waals surface area contributed by atoms with E-state index in [9.17, 15) is 0 Å². The minimum absolute atomic E-state index is 0.755. The fourth-order valence-electron chi connectivity index (χ4n) is 5.29. The highest BCUT2D eigenvalue weighted by Crippen LogP contribution is 2.35. The second kappa shape index (κ2) is 12.2. The normalized spacial score (nSPS) is 12.4. The van der Waals surface area contributed by atoms with Crippen LogP contribution in [0.1, 0.15) is 0 Å². The van der Waals surface area contributed by atoms with E-state index < -0.39 is 0 Å². The van der Waals surface area contributed by atoms with E-state index in [0.717, 1.165) is 68.9 Å². The maximum Gasteiger partial charge on any atom is 0.129 e. The van der Waals surface area contributed by atoms with Crippen LogP contribution in [0.4, 0.5) is 5.69 Å². The lowest BCUT2D eigenvalue weighted by molar-refractivity contribution is 0.481. The van der Waals surface area contributed by atoms with Gasteiger partial charge in [-0.05, 0) is 89.0 Å². The van der Waals surface area contributed by atoms with Crippen molar-refractivity contribution in [3.05, 3.63) is 158 Å². The maximum absolute atomic E-state index is 6.31. The molecule has 5 heteroatoms. The summed E-state index contributed by atoms with van der Waals surface area (Å²) in [6.07, 6.45) is 5.99. The van der Waals surface area contributed by atoms with Crippen LogP contribution in [0.3, 0.4) is 0 Å². The van der Waals surface area contributed by atoms with E-state index in [-0.39, 0.29) is 0 Å². The Labute approximate surface area is 257 Å². The summed E-state index contributed by atoms with van der Waals surface area (Å²) >= 11 is 0. The van der Waals surface area contributed by atoms with Crippen molar-refractivity contribution < 1.29 is 9.47 Å². The molecule has 0 aliphatic carbocycles. The van der Waals surface area contributed by atoms with Gasteiger partial charge in [0.05, 0.1) is 12.4 Å². The Hall–Kier alpha value is -5.81. The second-order valence-electron chi connectivity index (χ2n) is 10.8. The third-order valence-corrected chi connectivity index (χ3v) is 7.48. The fraction of sp³-hybridized carbons (Fsp3) is 0.0513. The Morgan fingerprint density at radius 1 is 0.500 bits per heavy atom. The van der Waals surface area contributed by atoms with Gasteiger partial charge >= 0.3 is 0 Å². The predicted octanol–water partition coefficient (Wildman–Crippen LogP) is 9.85. The van der Waals surface area contributed by atoms with E-state index in [1.54, 1.807) is 0 Å². The number of pyridine rings is 1. The van der Waals surface area contributed by atoms with Gasteiger partial charge in [0.15, 0.2) is 0 Å². The minimum atomic E-state index is 0.755. The first-order valence-corrected chi connectivity index (χ1v) is 14.6. The lowest BCUT2D eigenvalue weighted by atomic mass is 9.98. The van der Waals surface area contributed by atoms with E-state index in [4.69, 9.17) is 14.5 Å². The molecule has 0 saturated heterocycles. The largest absolute Gasteiger partial charge is 0.457 e. The van der Waals surface area contributed by atoms with Gasteiger partial charge in [-0.3, -0.25) is 4.98 Å². The molecule has 0 fully saturated rings. The summed E-state index contributed by atoms with van der Waals surface area (Å²) < 4.78 is 12.6. The van der Waals surface area contributed by atoms with Gasteiger partial charge in [-0.25, -0.2) is 0 Å². The first-order chi connectivity index (χ1) is 21.7. The van der Waals surface area contributed by atoms with Gasteiger partial charge in [-0.2, -0.15) is 0 Å². The van der Waals surface area contributed by atoms with Crippen LogP contribution in [-0.2, 0) is 0 Å². The summed E-state index contributed by atoms with van der Waals surface area (Å²) in [5.41, 5.74) is 7.23. The van der Waals surface area contributed by atoms with Crippen LogP contribution in [0.2, 0.25) is 0 Å². The molecule has 0 unspecified atom stereocenters. The minimum Gasteiger partial charge on any atom is -0.457 e. The first kappa shape index (κ1) is 27.0. The molecular weight excluding hydrogens is 542 g/mol. The molecular formula is C39H31N3O2. The smallest absolute Gasteiger partial charge is 0.129 e. The van der Waals surface area contributed by atoms with Crippen molar-refractivity contribution in [2.75, 3.05) is 18.6 Å². The topological polar surface area (TPSA) is 37.8 Å². The lowest BCUT2D eigenvalue weighted by Crippen LogP contribution is -2.21. The third-order valence-electron chi connectivity index (χ3n) is 7.48. The monoisotopic (exact) mass is 573 g/mol. The summed E-state index contributed by atoms with van der Waals surface area (Å²) in [7, 11) is 2.06. The van der Waals surface area contributed by atoms with Gasteiger partial charge in [0, 0.05) is 43.0 Å². The summed E-state index contributed by atoms with van der Waals surface area (Å²) in [6, 6.07) is 47.0. The van der Waals surface area contributed by atoms with E-state index >= 15 is 0 Å². The molecule has 0 radical (unpaired) electrons. The third kappa shape index (κ3) is 6.18. The van der Waals surface area contributed by atoms with Crippen LogP contribution in [0.5, 0.6) is 23.0 Å². The number of aromatic nitrogens is 1. The Kier molecular flexibility index (Phi) is 7.50. The highest BCUT2D eigenvalue weighted by Gasteiger charge is 2.13. The first-order valence-electron chi connectivity index (χ1n) is 14.6. The van der Waals surface area contributed by atoms with Crippen molar-refractivity contribution in [2.24, 2.45) is 0 Å². The van der Waals surface area contributed by atoms with Gasteiger partial charge < -0.3 is 19.3 Å². The van der Waals surface area contributed by atoms with Gasteiger partial charge in [0.2, 0.25) is 0 Å². The Morgan fingerprint density at radius 2 is 1.14 bits per heavy atom. The van der Waals surface area contributed by atoms with Gasteiger partial charge in [-0.15, -0.1) is 0 Å². The molecule has 5 aromatic carbocycles. The molecule has 0 N–H and O–H groups in total. The summed E-state index contributed by atoms with van der Waals surface area (Å²) in [5, 5.41) is 0. The lowest BCUT2D eigenvalue weighted by Gasteiger charge is -2.19. The van der Waals surface area contributed by atoms with E-state index in [2.05, 4.69) is 96.0 Å². The SMILES string of the molecule is CN1C=CN(c2cccc(Oc3cccc(-c4cc(-c5cc(Oc6ccccc6)cc(-c6ccccc6)c5)ccn4)c3)c2)C1. The number of ether oxygens (including phenoxy) is 2. The van der Waals surface area contributed by atoms with Gasteiger partial charge in [0.25, 0.3) is 0 Å². The summed E-state index contributed by atoms with van der Waals surface area (Å²) in [6.45, 7) is 0.815. The van der Waals surface area contributed by atoms with Crippen LogP contribution in [0.15, 0.2) is 158 Å². The molecule has 0 amide bonds. The molecule has 2 heterocycles. The maximum atomic E-state index is 6.31. The number of rotatable bonds is 8. The zero-order chi connectivity index (χ0) is 29.7. The molecule has 0 saturated carbocycles. The van der Waals surface area contributed by atoms with E-state index in [1.807, 2.05) is 79.0 Å². The van der Waals surface area contributed by atoms with Crippen molar-refractivity contribution in [3.8, 4) is 56.5 Å². The number of nitrogens with zero attached hydrogens (tertiary/aromatic N) is 3. The van der Waals surface area contributed by atoms with E-state index in [1.165, 1.54) is 0 Å². The molecule has 6 aromatic rings. The number of hydrogen-bond donors (Lipinski definition) is 0. The second-order valence-corrected chi connectivity index (χ2v) is 10.8. The predicted molar refractivity (Wildman–Crippen MR) is 178 cm³/mol. The Morgan fingerprint density at radius 3 is 1.91 bits per heavy atom. The summed E-state index contributed by atoms with van der Waals surface area (Å²) in [5.74, 6) is 3.11. The molecule has 0 spiro atoms. The van der Waals surface area contributed by atoms with Crippen LogP contribution in [-0.4, -0.2) is 23.6 Å². The molecule has 7 rings (SSSR count). The molecule has 0 atom stereocenters. The number of anilines is 1. The number of hydrogen-bond acceptors (Lipinski definition) is 5. The van der Waals surface area contributed by atoms with Crippen LogP contribution in [0.25, 0.3) is 33.5 Å². The van der Waals surface area contributed by atoms with Crippen molar-refractivity contribution in [2.45, 2.75) is 0 Å². The van der Waals surface area contributed by atoms with Crippen LogP contribution in [0, 0.1) is 0 Å². The summed E-state index contributed by atoms with van der Waals surface area (Å²) in [4.78, 5) is 9.04. The molecule has 1 aliphatic rings. The van der Waals surface area contributed by atoms with Crippen molar-refractivity contribution in [1.82, 2.24) is 9.88 Å². The average molecular weight is 574 g/mol. The molecule has 44 heavy (non-hydrogen) atoms. The van der Waals surface area contributed by atoms with E-state index in [0.29, 0.717) is 0 Å². The Bertz CT molecular complexity index is 1920. The van der Waals surface area contributed by atoms with Crippen LogP contribution < -0.4 is 14.4 Å². The Balaban J connectivity index is 1.18. The fourth-order valence-corrected chi connectivity index (χ4v) is 5.29. The van der Waals surface area contributed by atoms with Crippen molar-refractivity contribution in [3.63, 3.8) is 0 Å². The van der Waals surface area contributed by atoms with Crippen LogP contribution >= 0.6 is 0 Å². The molecule has 1 aromatic heterocycles. The molecule has 5 nitrogen and oxygen atoms in total. The quantitative estimate of drug-likeness (QED) is 0.181. The number of benzene rings is 5. The highest BCUT2D eigenvalue weighted by atomic mass is 16.5. The molecule has 214 valence electrons. The van der Waals surface area contributed by atoms with Gasteiger partial charge in [-0.1, -0.05) is 66.7 Å².